The third-order valence-corrected chi connectivity index (χ3v) is 3.84. The number of methoxy groups -OCH3 is 1. The van der Waals surface area contributed by atoms with E-state index in [0.717, 1.165) is 17.0 Å². The molecule has 14 heteroatoms. The number of pyridine rings is 1. The molecule has 164 valence electrons. The van der Waals surface area contributed by atoms with E-state index >= 15 is 0 Å². The molecule has 0 aromatic carbocycles. The molecule has 3 rings (SSSR count). The summed E-state index contributed by atoms with van der Waals surface area (Å²) < 4.78 is 69.0. The Morgan fingerprint density at radius 1 is 1.26 bits per heavy atom. The fraction of sp³-hybridized carbons (Fsp3) is 0.235. The third kappa shape index (κ3) is 5.40. The molecule has 0 bridgehead atoms. The second-order valence-corrected chi connectivity index (χ2v) is 5.96. The van der Waals surface area contributed by atoms with Gasteiger partial charge in [0.15, 0.2) is 0 Å². The van der Waals surface area contributed by atoms with Crippen LogP contribution in [0.4, 0.5) is 38.3 Å². The number of nitrogens with one attached hydrogen (secondary N) is 2. The summed E-state index contributed by atoms with van der Waals surface area (Å²) in [6.45, 7) is -0.414. The summed E-state index contributed by atoms with van der Waals surface area (Å²) in [5.41, 5.74) is -1.69. The molecule has 3 aromatic rings. The van der Waals surface area contributed by atoms with E-state index in [0.29, 0.717) is 0 Å². The Bertz CT molecular complexity index is 1040. The van der Waals surface area contributed by atoms with E-state index in [-0.39, 0.29) is 23.2 Å². The van der Waals surface area contributed by atoms with Crippen molar-refractivity contribution in [1.82, 2.24) is 25.1 Å². The van der Waals surface area contributed by atoms with Crippen molar-refractivity contribution >= 4 is 17.5 Å². The molecule has 0 fully saturated rings. The number of amides is 2. The number of aromatic nitrogens is 5. The Morgan fingerprint density at radius 3 is 2.55 bits per heavy atom. The van der Waals surface area contributed by atoms with E-state index in [1.807, 2.05) is 5.10 Å². The molecule has 0 saturated heterocycles. The topological polar surface area (TPSA) is 109 Å². The number of nitrogens with zero attached hydrogens (tertiary/aromatic N) is 5. The quantitative estimate of drug-likeness (QED) is 0.561. The van der Waals surface area contributed by atoms with Crippen molar-refractivity contribution in [2.45, 2.75) is 19.1 Å². The van der Waals surface area contributed by atoms with Gasteiger partial charge in [-0.05, 0) is 18.2 Å². The van der Waals surface area contributed by atoms with Crippen molar-refractivity contribution in [3.63, 3.8) is 0 Å². The Balaban J connectivity index is 1.88. The normalized spacial score (nSPS) is 11.5. The van der Waals surface area contributed by atoms with Crippen LogP contribution in [0.15, 0.2) is 36.7 Å². The van der Waals surface area contributed by atoms with Gasteiger partial charge in [-0.15, -0.1) is 0 Å². The summed E-state index contributed by atoms with van der Waals surface area (Å²) >= 11 is 0. The molecule has 0 aliphatic heterocycles. The van der Waals surface area contributed by atoms with Gasteiger partial charge in [0.05, 0.1) is 37.4 Å². The first-order valence-electron chi connectivity index (χ1n) is 8.48. The minimum atomic E-state index is -4.65. The zero-order valence-electron chi connectivity index (χ0n) is 15.7. The van der Waals surface area contributed by atoms with E-state index in [1.165, 1.54) is 31.6 Å². The van der Waals surface area contributed by atoms with Crippen LogP contribution in [0, 0.1) is 0 Å². The Labute approximate surface area is 171 Å². The van der Waals surface area contributed by atoms with Crippen LogP contribution >= 0.6 is 0 Å². The number of hydrogen-bond donors (Lipinski definition) is 2. The van der Waals surface area contributed by atoms with Gasteiger partial charge in [-0.3, -0.25) is 15.3 Å². The highest BCUT2D eigenvalue weighted by Gasteiger charge is 2.33. The number of urea groups is 1. The van der Waals surface area contributed by atoms with Crippen LogP contribution in [0.3, 0.4) is 0 Å². The van der Waals surface area contributed by atoms with Gasteiger partial charge in [-0.1, -0.05) is 6.07 Å². The summed E-state index contributed by atoms with van der Waals surface area (Å²) in [6, 6.07) is 3.48. The summed E-state index contributed by atoms with van der Waals surface area (Å²) in [6.07, 6.45) is -5.11. The van der Waals surface area contributed by atoms with Crippen LogP contribution in [0.5, 0.6) is 6.01 Å². The van der Waals surface area contributed by atoms with Gasteiger partial charge in [0, 0.05) is 0 Å². The first kappa shape index (κ1) is 21.9. The highest BCUT2D eigenvalue weighted by atomic mass is 19.4. The van der Waals surface area contributed by atoms with Crippen LogP contribution in [0.25, 0.3) is 0 Å². The monoisotopic (exact) mass is 443 g/mol. The molecule has 3 heterocycles. The maximum atomic E-state index is 12.8. The van der Waals surface area contributed by atoms with E-state index < -0.39 is 36.6 Å². The second-order valence-electron chi connectivity index (χ2n) is 5.96. The first-order valence-corrected chi connectivity index (χ1v) is 8.48. The highest BCUT2D eigenvalue weighted by Crippen LogP contribution is 2.28. The van der Waals surface area contributed by atoms with Crippen molar-refractivity contribution in [1.29, 1.82) is 0 Å². The maximum absolute atomic E-state index is 12.8. The summed E-state index contributed by atoms with van der Waals surface area (Å²) in [5, 5.41) is 7.73. The van der Waals surface area contributed by atoms with Gasteiger partial charge in [0.1, 0.15) is 17.2 Å². The molecule has 2 N–H and O–H groups in total. The van der Waals surface area contributed by atoms with Crippen LogP contribution in [0.2, 0.25) is 0 Å². The summed E-state index contributed by atoms with van der Waals surface area (Å²) in [5.74, 6) is -0.180. The lowest BCUT2D eigenvalue weighted by Gasteiger charge is -2.21. The number of anilines is 2. The fourth-order valence-corrected chi connectivity index (χ4v) is 2.41. The van der Waals surface area contributed by atoms with E-state index in [4.69, 9.17) is 4.74 Å². The molecule has 31 heavy (non-hydrogen) atoms. The summed E-state index contributed by atoms with van der Waals surface area (Å²) in [7, 11) is 1.32. The van der Waals surface area contributed by atoms with Gasteiger partial charge < -0.3 is 4.74 Å². The lowest BCUT2D eigenvalue weighted by Crippen LogP contribution is -2.35. The van der Waals surface area contributed by atoms with Crippen LogP contribution in [-0.4, -0.2) is 38.3 Å². The van der Waals surface area contributed by atoms with E-state index in [1.54, 1.807) is 0 Å². The highest BCUT2D eigenvalue weighted by molar-refractivity contribution is 6.00. The zero-order valence-corrected chi connectivity index (χ0v) is 15.7. The smallest absolute Gasteiger partial charge is 0.432 e. The van der Waals surface area contributed by atoms with E-state index in [2.05, 4.69) is 25.4 Å². The number of aromatic amines is 1. The zero-order chi connectivity index (χ0) is 22.6. The molecule has 3 aromatic heterocycles. The van der Waals surface area contributed by atoms with Crippen molar-refractivity contribution in [2.75, 3.05) is 17.3 Å². The standard InChI is InChI=1S/C17H14F5N7O2/c1-31-15-23-6-10(7-24-15)29(8-9-5-12(28-27-9)17(20,21)22)16(30)26-13-4-2-3-11(25-13)14(18)19/h2-7,14H,8H2,1H3,(H,27,28)(H,25,26,30). The molecular formula is C17H14F5N7O2. The number of rotatable bonds is 6. The van der Waals surface area contributed by atoms with E-state index in [9.17, 15) is 26.7 Å². The van der Waals surface area contributed by atoms with Gasteiger partial charge >= 0.3 is 18.2 Å². The number of carbonyl (C=O) groups excluding carboxylic acids is 1. The minimum Gasteiger partial charge on any atom is -0.467 e. The minimum absolute atomic E-state index is 0.00506. The molecule has 2 amide bonds. The molecule has 0 aliphatic rings. The molecule has 0 unspecified atom stereocenters. The lowest BCUT2D eigenvalue weighted by molar-refractivity contribution is -0.141. The third-order valence-electron chi connectivity index (χ3n) is 3.84. The predicted molar refractivity (Wildman–Crippen MR) is 96.6 cm³/mol. The lowest BCUT2D eigenvalue weighted by atomic mass is 10.3. The number of hydrogen-bond acceptors (Lipinski definition) is 6. The predicted octanol–water partition coefficient (Wildman–Crippen LogP) is 3.80. The fourth-order valence-electron chi connectivity index (χ4n) is 2.41. The van der Waals surface area contributed by atoms with Crippen molar-refractivity contribution in [2.24, 2.45) is 0 Å². The largest absolute Gasteiger partial charge is 0.467 e. The number of alkyl halides is 5. The number of halogens is 5. The van der Waals surface area contributed by atoms with Crippen LogP contribution < -0.4 is 15.0 Å². The number of carbonyl (C=O) groups is 1. The second kappa shape index (κ2) is 8.89. The molecule has 9 nitrogen and oxygen atoms in total. The van der Waals surface area contributed by atoms with Crippen molar-refractivity contribution in [3.05, 3.63) is 53.7 Å². The molecule has 0 spiro atoms. The van der Waals surface area contributed by atoms with Crippen molar-refractivity contribution < 1.29 is 31.5 Å². The number of H-pyrrole nitrogens is 1. The van der Waals surface area contributed by atoms with Crippen molar-refractivity contribution in [3.8, 4) is 6.01 Å². The Morgan fingerprint density at radius 2 is 1.97 bits per heavy atom. The number of ether oxygens (including phenoxy) is 1. The van der Waals surface area contributed by atoms with Gasteiger partial charge in [-0.25, -0.2) is 28.5 Å². The SMILES string of the molecule is COc1ncc(N(Cc2cc(C(F)(F)F)[nH]n2)C(=O)Nc2cccc(C(F)F)n2)cn1. The molecule has 0 atom stereocenters. The maximum Gasteiger partial charge on any atom is 0.432 e. The molecule has 0 saturated carbocycles. The first-order chi connectivity index (χ1) is 14.7. The Kier molecular flexibility index (Phi) is 6.27. The molecule has 0 aliphatic carbocycles. The molecular weight excluding hydrogens is 429 g/mol. The average Bonchev–Trinajstić information content (AvgIpc) is 3.21. The van der Waals surface area contributed by atoms with Gasteiger partial charge in [0.25, 0.3) is 6.43 Å². The van der Waals surface area contributed by atoms with Gasteiger partial charge in [0.2, 0.25) is 0 Å². The Hall–Kier alpha value is -3.84. The van der Waals surface area contributed by atoms with Crippen LogP contribution in [-0.2, 0) is 12.7 Å². The molecule has 0 radical (unpaired) electrons. The van der Waals surface area contributed by atoms with Crippen LogP contribution in [0.1, 0.15) is 23.5 Å². The average molecular weight is 443 g/mol. The summed E-state index contributed by atoms with van der Waals surface area (Å²) in [4.78, 5) is 25.1. The van der Waals surface area contributed by atoms with Gasteiger partial charge in [-0.2, -0.15) is 18.3 Å².